The Balaban J connectivity index is 2.04. The van der Waals surface area contributed by atoms with Crippen molar-refractivity contribution >= 4 is 11.6 Å². The van der Waals surface area contributed by atoms with E-state index in [2.05, 4.69) is 15.3 Å². The average Bonchev–Trinajstić information content (AvgIpc) is 2.38. The van der Waals surface area contributed by atoms with Gasteiger partial charge in [-0.25, -0.2) is 18.7 Å². The molecule has 0 aliphatic rings. The normalized spacial score (nSPS) is 10.2. The van der Waals surface area contributed by atoms with Gasteiger partial charge in [0.05, 0.1) is 4.92 Å². The molecular formula is C11H8F2N4O2. The summed E-state index contributed by atoms with van der Waals surface area (Å²) < 4.78 is 26.0. The largest absolute Gasteiger partial charge is 0.350 e. The monoisotopic (exact) mass is 266 g/mol. The van der Waals surface area contributed by atoms with Crippen LogP contribution in [0.1, 0.15) is 5.56 Å². The molecule has 0 radical (unpaired) electrons. The van der Waals surface area contributed by atoms with E-state index in [1.165, 1.54) is 6.07 Å². The minimum atomic E-state index is -0.686. The van der Waals surface area contributed by atoms with Gasteiger partial charge in [-0.05, 0) is 6.07 Å². The van der Waals surface area contributed by atoms with Crippen LogP contribution in [-0.4, -0.2) is 14.9 Å². The quantitative estimate of drug-likeness (QED) is 0.678. The van der Waals surface area contributed by atoms with Gasteiger partial charge in [0.2, 0.25) is 5.95 Å². The molecule has 1 heterocycles. The fraction of sp³-hybridized carbons (Fsp3) is 0.0909. The second-order valence-corrected chi connectivity index (χ2v) is 3.61. The first-order valence-corrected chi connectivity index (χ1v) is 5.20. The van der Waals surface area contributed by atoms with Gasteiger partial charge in [0.15, 0.2) is 0 Å². The number of hydrogen-bond donors (Lipinski definition) is 1. The summed E-state index contributed by atoms with van der Waals surface area (Å²) in [5.41, 5.74) is 0.00173. The topological polar surface area (TPSA) is 81.0 Å². The molecule has 1 aromatic heterocycles. The van der Waals surface area contributed by atoms with Crippen LogP contribution in [0, 0.1) is 21.7 Å². The van der Waals surface area contributed by atoms with Gasteiger partial charge in [0, 0.05) is 18.2 Å². The molecule has 2 aromatic rings. The van der Waals surface area contributed by atoms with E-state index in [0.29, 0.717) is 0 Å². The van der Waals surface area contributed by atoms with Crippen molar-refractivity contribution in [3.8, 4) is 0 Å². The summed E-state index contributed by atoms with van der Waals surface area (Å²) in [5, 5.41) is 13.1. The van der Waals surface area contributed by atoms with Gasteiger partial charge in [0.1, 0.15) is 24.0 Å². The van der Waals surface area contributed by atoms with E-state index in [4.69, 9.17) is 0 Å². The number of nitrogens with zero attached hydrogens (tertiary/aromatic N) is 3. The summed E-state index contributed by atoms with van der Waals surface area (Å²) >= 11 is 0. The van der Waals surface area contributed by atoms with Crippen molar-refractivity contribution in [2.45, 2.75) is 6.54 Å². The lowest BCUT2D eigenvalue weighted by Crippen LogP contribution is -2.05. The SMILES string of the molecule is O=[N+]([O-])c1cnc(NCc2ccc(F)cc2F)nc1. The van der Waals surface area contributed by atoms with Crippen molar-refractivity contribution in [3.05, 3.63) is 57.9 Å². The predicted octanol–water partition coefficient (Wildman–Crippen LogP) is 2.28. The zero-order valence-electron chi connectivity index (χ0n) is 9.51. The molecule has 1 N–H and O–H groups in total. The van der Waals surface area contributed by atoms with Gasteiger partial charge in [-0.2, -0.15) is 0 Å². The zero-order chi connectivity index (χ0) is 13.8. The Morgan fingerprint density at radius 1 is 1.26 bits per heavy atom. The number of nitro groups is 1. The van der Waals surface area contributed by atoms with Crippen LogP contribution in [0.15, 0.2) is 30.6 Å². The summed E-state index contributed by atoms with van der Waals surface area (Å²) in [6.45, 7) is 0.0456. The zero-order valence-corrected chi connectivity index (χ0v) is 9.51. The molecule has 0 fully saturated rings. The molecule has 2 rings (SSSR count). The standard InChI is InChI=1S/C11H8F2N4O2/c12-8-2-1-7(10(13)3-8)4-14-11-15-5-9(6-16-11)17(18)19/h1-3,5-6H,4H2,(H,14,15,16). The van der Waals surface area contributed by atoms with Gasteiger partial charge in [-0.3, -0.25) is 10.1 Å². The van der Waals surface area contributed by atoms with Crippen LogP contribution in [0.25, 0.3) is 0 Å². The minimum Gasteiger partial charge on any atom is -0.350 e. The van der Waals surface area contributed by atoms with Crippen molar-refractivity contribution in [3.63, 3.8) is 0 Å². The van der Waals surface area contributed by atoms with Crippen molar-refractivity contribution in [2.75, 3.05) is 5.32 Å². The highest BCUT2D eigenvalue weighted by atomic mass is 19.1. The molecular weight excluding hydrogens is 258 g/mol. The first-order chi connectivity index (χ1) is 9.06. The molecule has 0 unspecified atom stereocenters. The average molecular weight is 266 g/mol. The molecule has 0 saturated carbocycles. The summed E-state index contributed by atoms with van der Waals surface area (Å²) in [6.07, 6.45) is 2.08. The smallest absolute Gasteiger partial charge is 0.305 e. The number of hydrogen-bond acceptors (Lipinski definition) is 5. The lowest BCUT2D eigenvalue weighted by molar-refractivity contribution is -0.385. The second-order valence-electron chi connectivity index (χ2n) is 3.61. The molecule has 0 atom stereocenters. The van der Waals surface area contributed by atoms with Crippen molar-refractivity contribution in [2.24, 2.45) is 0 Å². The first-order valence-electron chi connectivity index (χ1n) is 5.20. The van der Waals surface area contributed by atoms with E-state index in [1.54, 1.807) is 0 Å². The molecule has 98 valence electrons. The fourth-order valence-corrected chi connectivity index (χ4v) is 1.35. The Morgan fingerprint density at radius 3 is 2.53 bits per heavy atom. The highest BCUT2D eigenvalue weighted by Crippen LogP contribution is 2.12. The molecule has 8 heteroatoms. The first kappa shape index (κ1) is 12.8. The van der Waals surface area contributed by atoms with Gasteiger partial charge < -0.3 is 5.32 Å². The van der Waals surface area contributed by atoms with Gasteiger partial charge in [-0.15, -0.1) is 0 Å². The Hall–Kier alpha value is -2.64. The van der Waals surface area contributed by atoms with E-state index in [0.717, 1.165) is 24.5 Å². The van der Waals surface area contributed by atoms with Crippen LogP contribution in [0.5, 0.6) is 0 Å². The van der Waals surface area contributed by atoms with Crippen LogP contribution in [-0.2, 0) is 6.54 Å². The molecule has 0 bridgehead atoms. The minimum absolute atomic E-state index is 0.0456. The molecule has 6 nitrogen and oxygen atoms in total. The van der Waals surface area contributed by atoms with E-state index in [9.17, 15) is 18.9 Å². The Labute approximate surface area is 106 Å². The molecule has 0 saturated heterocycles. The molecule has 19 heavy (non-hydrogen) atoms. The predicted molar refractivity (Wildman–Crippen MR) is 62.4 cm³/mol. The number of aromatic nitrogens is 2. The number of rotatable bonds is 4. The third-order valence-electron chi connectivity index (χ3n) is 2.30. The number of benzene rings is 1. The van der Waals surface area contributed by atoms with Crippen LogP contribution in [0.2, 0.25) is 0 Å². The van der Waals surface area contributed by atoms with Crippen LogP contribution < -0.4 is 5.32 Å². The number of nitrogens with one attached hydrogen (secondary N) is 1. The third-order valence-corrected chi connectivity index (χ3v) is 2.30. The van der Waals surface area contributed by atoms with Crippen molar-refractivity contribution < 1.29 is 13.7 Å². The van der Waals surface area contributed by atoms with Crippen LogP contribution >= 0.6 is 0 Å². The lowest BCUT2D eigenvalue weighted by Gasteiger charge is -2.05. The highest BCUT2D eigenvalue weighted by Gasteiger charge is 2.07. The lowest BCUT2D eigenvalue weighted by atomic mass is 10.2. The summed E-state index contributed by atoms with van der Waals surface area (Å²) in [5.74, 6) is -1.23. The fourth-order valence-electron chi connectivity index (χ4n) is 1.35. The maximum absolute atomic E-state index is 13.3. The molecule has 1 aromatic carbocycles. The molecule has 0 aliphatic carbocycles. The van der Waals surface area contributed by atoms with Gasteiger partial charge in [0.25, 0.3) is 0 Å². The van der Waals surface area contributed by atoms with Crippen LogP contribution in [0.4, 0.5) is 20.4 Å². The van der Waals surface area contributed by atoms with Crippen molar-refractivity contribution in [1.29, 1.82) is 0 Å². The van der Waals surface area contributed by atoms with Gasteiger partial charge in [-0.1, -0.05) is 6.07 Å². The van der Waals surface area contributed by atoms with E-state index in [1.807, 2.05) is 0 Å². The molecule has 0 aliphatic heterocycles. The maximum atomic E-state index is 13.3. The van der Waals surface area contributed by atoms with E-state index in [-0.39, 0.29) is 23.7 Å². The van der Waals surface area contributed by atoms with E-state index >= 15 is 0 Å². The molecule has 0 amide bonds. The Morgan fingerprint density at radius 2 is 1.95 bits per heavy atom. The number of anilines is 1. The second kappa shape index (κ2) is 5.34. The number of halogens is 2. The highest BCUT2D eigenvalue weighted by molar-refractivity contribution is 5.32. The Kier molecular flexibility index (Phi) is 3.60. The van der Waals surface area contributed by atoms with Crippen LogP contribution in [0.3, 0.4) is 0 Å². The summed E-state index contributed by atoms with van der Waals surface area (Å²) in [7, 11) is 0. The van der Waals surface area contributed by atoms with Crippen molar-refractivity contribution in [1.82, 2.24) is 9.97 Å². The summed E-state index contributed by atoms with van der Waals surface area (Å²) in [6, 6.07) is 3.20. The van der Waals surface area contributed by atoms with E-state index < -0.39 is 16.6 Å². The summed E-state index contributed by atoms with van der Waals surface area (Å²) in [4.78, 5) is 17.2. The third kappa shape index (κ3) is 3.18. The van der Waals surface area contributed by atoms with Gasteiger partial charge >= 0.3 is 5.69 Å². The molecule has 0 spiro atoms. The maximum Gasteiger partial charge on any atom is 0.305 e. The Bertz CT molecular complexity index is 604.